The number of urea groups is 1. The molecule has 9 nitrogen and oxygen atoms in total. The number of hydrogen-bond acceptors (Lipinski definition) is 6. The Morgan fingerprint density at radius 1 is 1.12 bits per heavy atom. The number of ether oxygens (including phenoxy) is 4. The molecule has 0 spiro atoms. The van der Waals surface area contributed by atoms with Gasteiger partial charge in [-0.2, -0.15) is 0 Å². The molecule has 2 aromatic rings. The topological polar surface area (TPSA) is 115 Å². The van der Waals surface area contributed by atoms with Crippen LogP contribution in [0.4, 0.5) is 10.5 Å². The Morgan fingerprint density at radius 3 is 2.69 bits per heavy atom. The van der Waals surface area contributed by atoms with Gasteiger partial charge in [-0.1, -0.05) is 6.07 Å². The van der Waals surface area contributed by atoms with Gasteiger partial charge in [-0.05, 0) is 32.9 Å². The summed E-state index contributed by atoms with van der Waals surface area (Å²) in [6.07, 6.45) is 0.0270. The Kier molecular flexibility index (Phi) is 5.73. The molecule has 2 aliphatic heterocycles. The van der Waals surface area contributed by atoms with Crippen LogP contribution in [-0.4, -0.2) is 36.0 Å². The Hall–Kier alpha value is -3.62. The second kappa shape index (κ2) is 8.49. The maximum Gasteiger partial charge on any atom is 0.319 e. The number of carbonyl (C=O) groups is 2. The Morgan fingerprint density at radius 2 is 1.94 bits per heavy atom. The van der Waals surface area contributed by atoms with Crippen molar-refractivity contribution in [1.82, 2.24) is 5.32 Å². The third kappa shape index (κ3) is 4.99. The number of benzene rings is 2. The van der Waals surface area contributed by atoms with Crippen LogP contribution in [0.3, 0.4) is 0 Å². The van der Waals surface area contributed by atoms with E-state index in [1.165, 1.54) is 0 Å². The molecule has 2 aliphatic rings. The van der Waals surface area contributed by atoms with E-state index in [2.05, 4.69) is 10.6 Å². The minimum atomic E-state index is -0.854. The first-order chi connectivity index (χ1) is 15.2. The van der Waals surface area contributed by atoms with E-state index in [4.69, 9.17) is 24.1 Å². The molecular formula is C23H26N2O7. The number of carboxylic acid groups (broad SMARTS) is 1. The molecule has 0 saturated heterocycles. The molecule has 0 fully saturated rings. The fourth-order valence-corrected chi connectivity index (χ4v) is 3.65. The fourth-order valence-electron chi connectivity index (χ4n) is 3.65. The molecule has 2 amide bonds. The molecule has 0 aromatic heterocycles. The van der Waals surface area contributed by atoms with Crippen LogP contribution in [0.25, 0.3) is 0 Å². The number of aliphatic carboxylic acids is 1. The minimum absolute atomic E-state index is 0.0270. The number of carboxylic acids is 1. The number of amides is 2. The van der Waals surface area contributed by atoms with Crippen molar-refractivity contribution in [2.24, 2.45) is 0 Å². The summed E-state index contributed by atoms with van der Waals surface area (Å²) in [5, 5.41) is 14.7. The summed E-state index contributed by atoms with van der Waals surface area (Å²) in [4.78, 5) is 23.3. The van der Waals surface area contributed by atoms with Crippen molar-refractivity contribution in [3.05, 3.63) is 41.5 Å². The molecular weight excluding hydrogens is 416 g/mol. The van der Waals surface area contributed by atoms with Gasteiger partial charge in [0.25, 0.3) is 0 Å². The average molecular weight is 442 g/mol. The lowest BCUT2D eigenvalue weighted by molar-refractivity contribution is -0.137. The first-order valence-electron chi connectivity index (χ1n) is 10.3. The lowest BCUT2D eigenvalue weighted by atomic mass is 9.98. The number of fused-ring (bicyclic) bond motifs is 2. The second-order valence-electron chi connectivity index (χ2n) is 8.79. The average Bonchev–Trinajstić information content (AvgIpc) is 3.31. The third-order valence-electron chi connectivity index (χ3n) is 4.98. The first kappa shape index (κ1) is 21.6. The molecule has 0 bridgehead atoms. The van der Waals surface area contributed by atoms with Gasteiger partial charge in [0, 0.05) is 40.4 Å². The van der Waals surface area contributed by atoms with Gasteiger partial charge in [0.05, 0.1) is 13.0 Å². The van der Waals surface area contributed by atoms with Crippen molar-refractivity contribution in [3.8, 4) is 23.0 Å². The number of rotatable bonds is 6. The van der Waals surface area contributed by atoms with E-state index in [9.17, 15) is 9.59 Å². The lowest BCUT2D eigenvalue weighted by Gasteiger charge is -2.21. The van der Waals surface area contributed by atoms with E-state index in [1.54, 1.807) is 24.3 Å². The molecule has 0 radical (unpaired) electrons. The molecule has 4 rings (SSSR count). The SMILES string of the molecule is CC(C)(C)NC(=O)Nc1cc(COc2ccc3c(c2)OCC3CC(=O)O)c2c(c1)OCO2. The van der Waals surface area contributed by atoms with Crippen molar-refractivity contribution < 1.29 is 33.6 Å². The predicted molar refractivity (Wildman–Crippen MR) is 116 cm³/mol. The van der Waals surface area contributed by atoms with Crippen molar-refractivity contribution in [2.75, 3.05) is 18.7 Å². The number of anilines is 1. The standard InChI is InChI=1S/C23H26N2O7/c1-23(2,3)25-22(28)24-15-6-14(21-19(8-15)31-12-32-21)11-29-16-4-5-17-13(7-20(26)27)10-30-18(17)9-16/h4-6,8-9,13H,7,10-12H2,1-3H3,(H,26,27)(H2,24,25,28). The van der Waals surface area contributed by atoms with E-state index < -0.39 is 5.97 Å². The summed E-state index contributed by atoms with van der Waals surface area (Å²) in [5.41, 5.74) is 1.78. The van der Waals surface area contributed by atoms with Gasteiger partial charge in [0.15, 0.2) is 11.5 Å². The van der Waals surface area contributed by atoms with Crippen molar-refractivity contribution in [2.45, 2.75) is 45.3 Å². The summed E-state index contributed by atoms with van der Waals surface area (Å²) < 4.78 is 22.7. The molecule has 3 N–H and O–H groups in total. The first-order valence-corrected chi connectivity index (χ1v) is 10.3. The lowest BCUT2D eigenvalue weighted by Crippen LogP contribution is -2.43. The van der Waals surface area contributed by atoms with Gasteiger partial charge < -0.3 is 34.7 Å². The van der Waals surface area contributed by atoms with Crippen LogP contribution < -0.4 is 29.6 Å². The zero-order chi connectivity index (χ0) is 22.9. The molecule has 1 atom stereocenters. The third-order valence-corrected chi connectivity index (χ3v) is 4.98. The predicted octanol–water partition coefficient (Wildman–Crippen LogP) is 3.87. The molecule has 2 aromatic carbocycles. The quantitative estimate of drug-likeness (QED) is 0.622. The molecule has 170 valence electrons. The molecule has 0 saturated carbocycles. The van der Waals surface area contributed by atoms with Gasteiger partial charge in [-0.25, -0.2) is 4.79 Å². The van der Waals surface area contributed by atoms with E-state index in [1.807, 2.05) is 26.8 Å². The zero-order valence-corrected chi connectivity index (χ0v) is 18.2. The monoisotopic (exact) mass is 442 g/mol. The van der Waals surface area contributed by atoms with E-state index in [0.29, 0.717) is 35.3 Å². The Balaban J connectivity index is 1.47. The van der Waals surface area contributed by atoms with E-state index in [0.717, 1.165) is 11.1 Å². The maximum absolute atomic E-state index is 12.2. The summed E-state index contributed by atoms with van der Waals surface area (Å²) in [7, 11) is 0. The van der Waals surface area contributed by atoms with E-state index in [-0.39, 0.29) is 37.3 Å². The van der Waals surface area contributed by atoms with Crippen molar-refractivity contribution >= 4 is 17.7 Å². The molecule has 0 aliphatic carbocycles. The van der Waals surface area contributed by atoms with Crippen LogP contribution in [0.15, 0.2) is 30.3 Å². The highest BCUT2D eigenvalue weighted by Crippen LogP contribution is 2.41. The molecule has 1 unspecified atom stereocenters. The van der Waals surface area contributed by atoms with Crippen molar-refractivity contribution in [1.29, 1.82) is 0 Å². The van der Waals surface area contributed by atoms with Gasteiger partial charge in [0.2, 0.25) is 6.79 Å². The van der Waals surface area contributed by atoms with Gasteiger partial charge >= 0.3 is 12.0 Å². The molecule has 32 heavy (non-hydrogen) atoms. The van der Waals surface area contributed by atoms with Gasteiger partial charge in [-0.3, -0.25) is 4.79 Å². The van der Waals surface area contributed by atoms with Crippen LogP contribution in [0, 0.1) is 0 Å². The number of hydrogen-bond donors (Lipinski definition) is 3. The highest BCUT2D eigenvalue weighted by Gasteiger charge is 2.27. The number of nitrogens with one attached hydrogen (secondary N) is 2. The molecule has 2 heterocycles. The Bertz CT molecular complexity index is 1050. The van der Waals surface area contributed by atoms with Crippen LogP contribution >= 0.6 is 0 Å². The van der Waals surface area contributed by atoms with Gasteiger partial charge in [-0.15, -0.1) is 0 Å². The van der Waals surface area contributed by atoms with Crippen molar-refractivity contribution in [3.63, 3.8) is 0 Å². The maximum atomic E-state index is 12.2. The second-order valence-corrected chi connectivity index (χ2v) is 8.79. The Labute approximate surface area is 185 Å². The van der Waals surface area contributed by atoms with E-state index >= 15 is 0 Å². The number of carbonyl (C=O) groups excluding carboxylic acids is 1. The zero-order valence-electron chi connectivity index (χ0n) is 18.2. The van der Waals surface area contributed by atoms with Crippen LogP contribution in [0.2, 0.25) is 0 Å². The van der Waals surface area contributed by atoms with Gasteiger partial charge in [0.1, 0.15) is 18.1 Å². The summed E-state index contributed by atoms with van der Waals surface area (Å²) >= 11 is 0. The molecule has 9 heteroatoms. The fraction of sp³-hybridized carbons (Fsp3) is 0.391. The largest absolute Gasteiger partial charge is 0.492 e. The summed E-state index contributed by atoms with van der Waals surface area (Å²) in [6, 6.07) is 8.55. The van der Waals surface area contributed by atoms with Crippen LogP contribution in [0.1, 0.15) is 44.2 Å². The summed E-state index contributed by atoms with van der Waals surface area (Å²) in [6.45, 7) is 6.31. The van der Waals surface area contributed by atoms with Crippen LogP contribution in [-0.2, 0) is 11.4 Å². The highest BCUT2D eigenvalue weighted by atomic mass is 16.7. The minimum Gasteiger partial charge on any atom is -0.492 e. The van der Waals surface area contributed by atoms with Crippen LogP contribution in [0.5, 0.6) is 23.0 Å². The smallest absolute Gasteiger partial charge is 0.319 e. The normalized spacial score (nSPS) is 16.2. The summed E-state index contributed by atoms with van der Waals surface area (Å²) in [5.74, 6) is 1.31. The highest BCUT2D eigenvalue weighted by molar-refractivity contribution is 5.90.